The van der Waals surface area contributed by atoms with E-state index in [9.17, 15) is 9.59 Å². The Balaban J connectivity index is 2.19. The molecule has 2 heterocycles. The van der Waals surface area contributed by atoms with Crippen LogP contribution >= 0.6 is 0 Å². The standard InChI is InChI=1S/C15H18N4O2/c1-9(2)7-13(14(16)20)19-15(21)12-4-3-10-8-17-6-5-11(10)18-12/h3-6,8-9,13H,7H2,1-2H3,(H2,16,20)(H,19,21)/t13-/m0/s1. The van der Waals surface area contributed by atoms with Crippen molar-refractivity contribution in [3.63, 3.8) is 0 Å². The van der Waals surface area contributed by atoms with Crippen molar-refractivity contribution < 1.29 is 9.59 Å². The van der Waals surface area contributed by atoms with Gasteiger partial charge in [0, 0.05) is 17.8 Å². The molecule has 6 nitrogen and oxygen atoms in total. The fourth-order valence-corrected chi connectivity index (χ4v) is 2.04. The average Bonchev–Trinajstić information content (AvgIpc) is 2.45. The molecular weight excluding hydrogens is 268 g/mol. The molecule has 6 heteroatoms. The number of amides is 2. The maximum absolute atomic E-state index is 12.2. The van der Waals surface area contributed by atoms with Gasteiger partial charge in [0.15, 0.2) is 0 Å². The summed E-state index contributed by atoms with van der Waals surface area (Å²) < 4.78 is 0. The van der Waals surface area contributed by atoms with Gasteiger partial charge in [0.25, 0.3) is 5.91 Å². The molecule has 0 unspecified atom stereocenters. The molecule has 0 aromatic carbocycles. The van der Waals surface area contributed by atoms with Crippen LogP contribution in [0.2, 0.25) is 0 Å². The lowest BCUT2D eigenvalue weighted by atomic mass is 10.0. The molecule has 1 atom stereocenters. The summed E-state index contributed by atoms with van der Waals surface area (Å²) in [7, 11) is 0. The van der Waals surface area contributed by atoms with Gasteiger partial charge in [-0.05, 0) is 30.5 Å². The zero-order valence-electron chi connectivity index (χ0n) is 12.0. The zero-order valence-corrected chi connectivity index (χ0v) is 12.0. The van der Waals surface area contributed by atoms with Gasteiger partial charge in [-0.3, -0.25) is 14.6 Å². The lowest BCUT2D eigenvalue weighted by molar-refractivity contribution is -0.120. The van der Waals surface area contributed by atoms with Gasteiger partial charge in [-0.2, -0.15) is 0 Å². The quantitative estimate of drug-likeness (QED) is 0.864. The zero-order chi connectivity index (χ0) is 15.4. The Bertz CT molecular complexity index is 670. The predicted octanol–water partition coefficient (Wildman–Crippen LogP) is 1.26. The summed E-state index contributed by atoms with van der Waals surface area (Å²) in [5, 5.41) is 3.49. The molecule has 2 aromatic heterocycles. The first-order valence-electron chi connectivity index (χ1n) is 6.78. The second kappa shape index (κ2) is 6.30. The molecule has 0 aliphatic rings. The SMILES string of the molecule is CC(C)C[C@H](NC(=O)c1ccc2cnccc2n1)C(N)=O. The number of carbonyl (C=O) groups excluding carboxylic acids is 2. The van der Waals surface area contributed by atoms with E-state index in [0.717, 1.165) is 5.39 Å². The summed E-state index contributed by atoms with van der Waals surface area (Å²) in [5.41, 5.74) is 6.25. The molecule has 21 heavy (non-hydrogen) atoms. The minimum absolute atomic E-state index is 0.249. The molecule has 0 saturated carbocycles. The van der Waals surface area contributed by atoms with Crippen molar-refractivity contribution in [2.24, 2.45) is 11.7 Å². The summed E-state index contributed by atoms with van der Waals surface area (Å²) in [6.45, 7) is 3.92. The van der Waals surface area contributed by atoms with Crippen molar-refractivity contribution in [3.8, 4) is 0 Å². The molecular formula is C15H18N4O2. The Morgan fingerprint density at radius 3 is 2.71 bits per heavy atom. The van der Waals surface area contributed by atoms with Crippen LogP contribution in [0.25, 0.3) is 10.9 Å². The first-order chi connectivity index (χ1) is 9.97. The van der Waals surface area contributed by atoms with Crippen LogP contribution < -0.4 is 11.1 Å². The van der Waals surface area contributed by atoms with E-state index in [-0.39, 0.29) is 11.6 Å². The number of nitrogens with one attached hydrogen (secondary N) is 1. The van der Waals surface area contributed by atoms with Crippen molar-refractivity contribution in [1.29, 1.82) is 0 Å². The van der Waals surface area contributed by atoms with Crippen LogP contribution in [0.1, 0.15) is 30.8 Å². The van der Waals surface area contributed by atoms with Crippen molar-refractivity contribution in [2.75, 3.05) is 0 Å². The summed E-state index contributed by atoms with van der Waals surface area (Å²) in [6, 6.07) is 4.41. The Labute approximate surface area is 122 Å². The molecule has 110 valence electrons. The normalized spacial score (nSPS) is 12.3. The lowest BCUT2D eigenvalue weighted by Crippen LogP contribution is -2.45. The molecule has 0 saturated heterocycles. The maximum atomic E-state index is 12.2. The molecule has 0 aliphatic carbocycles. The van der Waals surface area contributed by atoms with Gasteiger partial charge in [0.2, 0.25) is 5.91 Å². The van der Waals surface area contributed by atoms with Crippen LogP contribution in [0, 0.1) is 5.92 Å². The molecule has 0 spiro atoms. The summed E-state index contributed by atoms with van der Waals surface area (Å²) in [4.78, 5) is 31.8. The summed E-state index contributed by atoms with van der Waals surface area (Å²) in [5.74, 6) is -0.696. The topological polar surface area (TPSA) is 98.0 Å². The van der Waals surface area contributed by atoms with Gasteiger partial charge in [0.1, 0.15) is 11.7 Å². The third-order valence-electron chi connectivity index (χ3n) is 3.08. The van der Waals surface area contributed by atoms with Crippen LogP contribution in [-0.4, -0.2) is 27.8 Å². The van der Waals surface area contributed by atoms with Gasteiger partial charge >= 0.3 is 0 Å². The lowest BCUT2D eigenvalue weighted by Gasteiger charge is -2.17. The van der Waals surface area contributed by atoms with Crippen LogP contribution in [0.3, 0.4) is 0 Å². The molecule has 3 N–H and O–H groups in total. The van der Waals surface area contributed by atoms with Gasteiger partial charge in [-0.15, -0.1) is 0 Å². The van der Waals surface area contributed by atoms with Gasteiger partial charge in [-0.1, -0.05) is 13.8 Å². The minimum atomic E-state index is -0.688. The first-order valence-corrected chi connectivity index (χ1v) is 6.78. The van der Waals surface area contributed by atoms with Crippen LogP contribution in [0.15, 0.2) is 30.6 Å². The van der Waals surface area contributed by atoms with Gasteiger partial charge in [-0.25, -0.2) is 4.98 Å². The summed E-state index contributed by atoms with van der Waals surface area (Å²) in [6.07, 6.45) is 3.79. The van der Waals surface area contributed by atoms with E-state index in [0.29, 0.717) is 11.9 Å². The Morgan fingerprint density at radius 2 is 2.05 bits per heavy atom. The number of carbonyl (C=O) groups is 2. The van der Waals surface area contributed by atoms with Crippen molar-refractivity contribution in [3.05, 3.63) is 36.3 Å². The van der Waals surface area contributed by atoms with E-state index >= 15 is 0 Å². The third-order valence-corrected chi connectivity index (χ3v) is 3.08. The summed E-state index contributed by atoms with van der Waals surface area (Å²) >= 11 is 0. The highest BCUT2D eigenvalue weighted by Crippen LogP contribution is 2.11. The fourth-order valence-electron chi connectivity index (χ4n) is 2.04. The molecule has 2 aromatic rings. The molecule has 2 rings (SSSR count). The molecule has 0 fully saturated rings. The van der Waals surface area contributed by atoms with E-state index in [1.807, 2.05) is 13.8 Å². The second-order valence-corrected chi connectivity index (χ2v) is 5.32. The van der Waals surface area contributed by atoms with Crippen molar-refractivity contribution in [2.45, 2.75) is 26.3 Å². The van der Waals surface area contributed by atoms with Gasteiger partial charge < -0.3 is 11.1 Å². The number of rotatable bonds is 5. The van der Waals surface area contributed by atoms with E-state index in [2.05, 4.69) is 15.3 Å². The van der Waals surface area contributed by atoms with E-state index in [1.165, 1.54) is 0 Å². The van der Waals surface area contributed by atoms with Crippen molar-refractivity contribution in [1.82, 2.24) is 15.3 Å². The third kappa shape index (κ3) is 3.75. The molecule has 0 aliphatic heterocycles. The number of pyridine rings is 2. The predicted molar refractivity (Wildman–Crippen MR) is 79.4 cm³/mol. The highest BCUT2D eigenvalue weighted by molar-refractivity contribution is 5.97. The Morgan fingerprint density at radius 1 is 1.29 bits per heavy atom. The van der Waals surface area contributed by atoms with Crippen LogP contribution in [-0.2, 0) is 4.79 Å². The maximum Gasteiger partial charge on any atom is 0.270 e. The molecule has 0 bridgehead atoms. The minimum Gasteiger partial charge on any atom is -0.368 e. The van der Waals surface area contributed by atoms with Gasteiger partial charge in [0.05, 0.1) is 5.52 Å². The van der Waals surface area contributed by atoms with Crippen LogP contribution in [0.4, 0.5) is 0 Å². The average molecular weight is 286 g/mol. The fraction of sp³-hybridized carbons (Fsp3) is 0.333. The molecule has 0 radical (unpaired) electrons. The Kier molecular flexibility index (Phi) is 4.47. The number of hydrogen-bond acceptors (Lipinski definition) is 4. The number of hydrogen-bond donors (Lipinski definition) is 2. The highest BCUT2D eigenvalue weighted by Gasteiger charge is 2.20. The second-order valence-electron chi connectivity index (χ2n) is 5.32. The van der Waals surface area contributed by atoms with E-state index < -0.39 is 17.9 Å². The number of primary amides is 1. The van der Waals surface area contributed by atoms with Crippen LogP contribution in [0.5, 0.6) is 0 Å². The smallest absolute Gasteiger partial charge is 0.270 e. The first kappa shape index (κ1) is 14.9. The van der Waals surface area contributed by atoms with E-state index in [1.54, 1.807) is 30.6 Å². The monoisotopic (exact) mass is 286 g/mol. The highest BCUT2D eigenvalue weighted by atomic mass is 16.2. The number of aromatic nitrogens is 2. The number of fused-ring (bicyclic) bond motifs is 1. The largest absolute Gasteiger partial charge is 0.368 e. The number of nitrogens with zero attached hydrogens (tertiary/aromatic N) is 2. The molecule has 2 amide bonds. The van der Waals surface area contributed by atoms with E-state index in [4.69, 9.17) is 5.73 Å². The Hall–Kier alpha value is -2.50. The van der Waals surface area contributed by atoms with Crippen molar-refractivity contribution >= 4 is 22.7 Å². The number of nitrogens with two attached hydrogens (primary N) is 1.